The number of piperidine rings is 1. The van der Waals surface area contributed by atoms with Crippen molar-refractivity contribution in [2.75, 3.05) is 18.4 Å². The molecule has 0 radical (unpaired) electrons. The number of rotatable bonds is 2. The summed E-state index contributed by atoms with van der Waals surface area (Å²) in [6.45, 7) is 2.13. The Kier molecular flexibility index (Phi) is 3.80. The lowest BCUT2D eigenvalue weighted by Crippen LogP contribution is -2.35. The van der Waals surface area contributed by atoms with E-state index in [0.29, 0.717) is 6.04 Å². The quantitative estimate of drug-likeness (QED) is 0.819. The third-order valence-electron chi connectivity index (χ3n) is 2.63. The Hall–Kier alpha value is -0.360. The van der Waals surface area contributed by atoms with Gasteiger partial charge in [0, 0.05) is 15.3 Å². The van der Waals surface area contributed by atoms with Crippen LogP contribution in [0, 0.1) is 9.39 Å². The Balaban J connectivity index is 2.03. The van der Waals surface area contributed by atoms with Gasteiger partial charge < -0.3 is 10.6 Å². The van der Waals surface area contributed by atoms with Gasteiger partial charge in [-0.05, 0) is 66.7 Å². The van der Waals surface area contributed by atoms with Crippen molar-refractivity contribution in [2.24, 2.45) is 0 Å². The van der Waals surface area contributed by atoms with Crippen LogP contribution in [0.3, 0.4) is 0 Å². The van der Waals surface area contributed by atoms with Crippen molar-refractivity contribution in [3.63, 3.8) is 0 Å². The summed E-state index contributed by atoms with van der Waals surface area (Å²) < 4.78 is 13.8. The molecule has 1 heterocycles. The fourth-order valence-corrected chi connectivity index (χ4v) is 2.43. The predicted octanol–water partition coefficient (Wildman–Crippen LogP) is 2.59. The summed E-state index contributed by atoms with van der Waals surface area (Å²) in [6, 6.07) is 5.40. The molecule has 2 N–H and O–H groups in total. The molecule has 0 aliphatic carbocycles. The first kappa shape index (κ1) is 11.1. The van der Waals surface area contributed by atoms with Crippen LogP contribution < -0.4 is 10.6 Å². The van der Waals surface area contributed by atoms with E-state index in [0.717, 1.165) is 35.2 Å². The maximum atomic E-state index is 12.9. The first-order valence-electron chi connectivity index (χ1n) is 5.18. The Morgan fingerprint density at radius 1 is 1.33 bits per heavy atom. The van der Waals surface area contributed by atoms with E-state index in [2.05, 4.69) is 33.2 Å². The highest BCUT2D eigenvalue weighted by Crippen LogP contribution is 2.21. The molecule has 1 saturated heterocycles. The van der Waals surface area contributed by atoms with Gasteiger partial charge in [-0.3, -0.25) is 0 Å². The monoisotopic (exact) mass is 320 g/mol. The van der Waals surface area contributed by atoms with Gasteiger partial charge >= 0.3 is 0 Å². The molecular weight excluding hydrogens is 306 g/mol. The molecule has 2 nitrogen and oxygen atoms in total. The average Bonchev–Trinajstić information content (AvgIpc) is 2.24. The van der Waals surface area contributed by atoms with Crippen molar-refractivity contribution in [2.45, 2.75) is 18.9 Å². The Bertz CT molecular complexity index is 337. The third-order valence-corrected chi connectivity index (χ3v) is 3.52. The number of anilines is 1. The molecule has 0 unspecified atom stereocenters. The summed E-state index contributed by atoms with van der Waals surface area (Å²) >= 11 is 2.16. The van der Waals surface area contributed by atoms with Crippen molar-refractivity contribution in [3.05, 3.63) is 27.6 Å². The van der Waals surface area contributed by atoms with Crippen molar-refractivity contribution >= 4 is 28.3 Å². The van der Waals surface area contributed by atoms with Gasteiger partial charge in [-0.2, -0.15) is 0 Å². The second kappa shape index (κ2) is 5.12. The molecule has 1 aromatic rings. The van der Waals surface area contributed by atoms with E-state index in [4.69, 9.17) is 0 Å². The molecule has 0 bridgehead atoms. The van der Waals surface area contributed by atoms with Gasteiger partial charge in [0.25, 0.3) is 0 Å². The molecule has 82 valence electrons. The number of nitrogens with one attached hydrogen (secondary N) is 2. The molecule has 1 aliphatic rings. The summed E-state index contributed by atoms with van der Waals surface area (Å²) in [5, 5.41) is 6.78. The van der Waals surface area contributed by atoms with E-state index >= 15 is 0 Å². The van der Waals surface area contributed by atoms with Crippen LogP contribution in [0.25, 0.3) is 0 Å². The maximum absolute atomic E-state index is 12.9. The summed E-state index contributed by atoms with van der Waals surface area (Å²) in [6.07, 6.45) is 2.26. The number of halogens is 2. The Labute approximate surface area is 103 Å². The zero-order valence-electron chi connectivity index (χ0n) is 8.39. The fourth-order valence-electron chi connectivity index (χ4n) is 1.79. The van der Waals surface area contributed by atoms with Gasteiger partial charge in [-0.25, -0.2) is 4.39 Å². The van der Waals surface area contributed by atoms with E-state index < -0.39 is 0 Å². The minimum absolute atomic E-state index is 0.171. The van der Waals surface area contributed by atoms with Crippen LogP contribution in [0.15, 0.2) is 18.2 Å². The molecule has 15 heavy (non-hydrogen) atoms. The van der Waals surface area contributed by atoms with Gasteiger partial charge in [-0.15, -0.1) is 0 Å². The minimum Gasteiger partial charge on any atom is -0.381 e. The third kappa shape index (κ3) is 3.04. The summed E-state index contributed by atoms with van der Waals surface area (Å²) in [5.41, 5.74) is 1.05. The normalized spacial score (nSPS) is 17.7. The Morgan fingerprint density at radius 3 is 2.73 bits per heavy atom. The molecule has 0 saturated carbocycles. The van der Waals surface area contributed by atoms with Crippen LogP contribution in [0.1, 0.15) is 12.8 Å². The molecule has 1 aromatic carbocycles. The highest BCUT2D eigenvalue weighted by molar-refractivity contribution is 14.1. The van der Waals surface area contributed by atoms with Crippen LogP contribution in [0.5, 0.6) is 0 Å². The summed E-state index contributed by atoms with van der Waals surface area (Å²) in [5.74, 6) is -0.171. The highest BCUT2D eigenvalue weighted by atomic mass is 127. The van der Waals surface area contributed by atoms with Crippen LogP contribution in [0.2, 0.25) is 0 Å². The van der Waals surface area contributed by atoms with Crippen molar-refractivity contribution < 1.29 is 4.39 Å². The van der Waals surface area contributed by atoms with Gasteiger partial charge in [0.15, 0.2) is 0 Å². The van der Waals surface area contributed by atoms with Gasteiger partial charge in [0.1, 0.15) is 5.82 Å². The van der Waals surface area contributed by atoms with E-state index in [1.54, 1.807) is 6.07 Å². The number of hydrogen-bond donors (Lipinski definition) is 2. The van der Waals surface area contributed by atoms with Crippen LogP contribution >= 0.6 is 22.6 Å². The molecule has 0 amide bonds. The van der Waals surface area contributed by atoms with E-state index in [1.807, 2.05) is 6.07 Å². The lowest BCUT2D eigenvalue weighted by molar-refractivity contribution is 0.479. The first-order valence-corrected chi connectivity index (χ1v) is 6.26. The van der Waals surface area contributed by atoms with Crippen LogP contribution in [-0.4, -0.2) is 19.1 Å². The van der Waals surface area contributed by atoms with E-state index in [-0.39, 0.29) is 5.82 Å². The molecule has 0 atom stereocenters. The second-order valence-electron chi connectivity index (χ2n) is 3.79. The van der Waals surface area contributed by atoms with Crippen molar-refractivity contribution in [1.82, 2.24) is 5.32 Å². The largest absolute Gasteiger partial charge is 0.381 e. The molecule has 2 rings (SSSR count). The van der Waals surface area contributed by atoms with Gasteiger partial charge in [0.2, 0.25) is 0 Å². The minimum atomic E-state index is -0.171. The molecule has 1 fully saturated rings. The van der Waals surface area contributed by atoms with Crippen LogP contribution in [-0.2, 0) is 0 Å². The predicted molar refractivity (Wildman–Crippen MR) is 68.6 cm³/mol. The molecule has 0 aromatic heterocycles. The summed E-state index contributed by atoms with van der Waals surface area (Å²) in [7, 11) is 0. The van der Waals surface area contributed by atoms with E-state index in [9.17, 15) is 4.39 Å². The second-order valence-corrected chi connectivity index (χ2v) is 4.95. The summed E-state index contributed by atoms with van der Waals surface area (Å²) in [4.78, 5) is 0. The zero-order chi connectivity index (χ0) is 10.7. The molecular formula is C11H14FIN2. The van der Waals surface area contributed by atoms with Gasteiger partial charge in [0.05, 0.1) is 0 Å². The van der Waals surface area contributed by atoms with Crippen molar-refractivity contribution in [3.8, 4) is 0 Å². The topological polar surface area (TPSA) is 24.1 Å². The van der Waals surface area contributed by atoms with Crippen LogP contribution in [0.4, 0.5) is 10.1 Å². The number of benzene rings is 1. The SMILES string of the molecule is Fc1ccc(NC2CCNCC2)c(I)c1. The van der Waals surface area contributed by atoms with Crippen molar-refractivity contribution in [1.29, 1.82) is 0 Å². The molecule has 1 aliphatic heterocycles. The maximum Gasteiger partial charge on any atom is 0.124 e. The number of hydrogen-bond acceptors (Lipinski definition) is 2. The first-order chi connectivity index (χ1) is 7.25. The standard InChI is InChI=1S/C11H14FIN2/c12-8-1-2-11(10(13)7-8)15-9-3-5-14-6-4-9/h1-2,7,9,14-15H,3-6H2. The molecule has 4 heteroatoms. The highest BCUT2D eigenvalue weighted by Gasteiger charge is 2.13. The molecule has 0 spiro atoms. The lowest BCUT2D eigenvalue weighted by atomic mass is 10.1. The van der Waals surface area contributed by atoms with E-state index in [1.165, 1.54) is 6.07 Å². The smallest absolute Gasteiger partial charge is 0.124 e. The lowest BCUT2D eigenvalue weighted by Gasteiger charge is -2.25. The fraction of sp³-hybridized carbons (Fsp3) is 0.455. The zero-order valence-corrected chi connectivity index (χ0v) is 10.6. The average molecular weight is 320 g/mol. The van der Waals surface area contributed by atoms with Gasteiger partial charge in [-0.1, -0.05) is 0 Å². The Morgan fingerprint density at radius 2 is 2.07 bits per heavy atom.